The summed E-state index contributed by atoms with van der Waals surface area (Å²) in [7, 11) is 0. The van der Waals surface area contributed by atoms with Crippen LogP contribution in [0.25, 0.3) is 0 Å². The van der Waals surface area contributed by atoms with Crippen LogP contribution in [0.4, 0.5) is 0 Å². The lowest BCUT2D eigenvalue weighted by Gasteiger charge is -2.29. The van der Waals surface area contributed by atoms with E-state index in [0.29, 0.717) is 11.8 Å². The van der Waals surface area contributed by atoms with Crippen molar-refractivity contribution in [3.8, 4) is 0 Å². The highest BCUT2D eigenvalue weighted by atomic mass is 35.5. The molecule has 1 aliphatic rings. The molecule has 63 valence electrons. The smallest absolute Gasteiger partial charge is 0.205 e. The quantitative estimate of drug-likeness (QED) is 0.628. The molecule has 0 aromatic carbocycles. The summed E-state index contributed by atoms with van der Waals surface area (Å²) in [5.41, 5.74) is -0.575. The predicted octanol–water partition coefficient (Wildman–Crippen LogP) is 2.36. The summed E-state index contributed by atoms with van der Waals surface area (Å²) < 4.78 is 0. The fourth-order valence-electron chi connectivity index (χ4n) is 1.25. The normalized spacial score (nSPS) is 21.4. The van der Waals surface area contributed by atoms with Crippen LogP contribution in [-0.2, 0) is 4.79 Å². The molecule has 0 aliphatic heterocycles. The van der Waals surface area contributed by atoms with E-state index in [1.54, 1.807) is 0 Å². The van der Waals surface area contributed by atoms with E-state index in [0.717, 1.165) is 12.8 Å². The molecule has 0 saturated heterocycles. The van der Waals surface area contributed by atoms with Gasteiger partial charge in [0.05, 0.1) is 0 Å². The van der Waals surface area contributed by atoms with Crippen LogP contribution in [0.15, 0.2) is 0 Å². The van der Waals surface area contributed by atoms with Crippen molar-refractivity contribution in [1.82, 2.24) is 0 Å². The molecule has 1 fully saturated rings. The van der Waals surface area contributed by atoms with Gasteiger partial charge in [0, 0.05) is 22.6 Å². The first kappa shape index (κ1) is 9.34. The summed E-state index contributed by atoms with van der Waals surface area (Å²) in [6, 6.07) is 0. The molecule has 1 rings (SSSR count). The van der Waals surface area contributed by atoms with E-state index in [1.807, 2.05) is 6.92 Å². The highest BCUT2D eigenvalue weighted by Gasteiger charge is 2.56. The van der Waals surface area contributed by atoms with Crippen LogP contribution < -0.4 is 0 Å². The molecule has 0 amide bonds. The molecule has 0 heterocycles. The van der Waals surface area contributed by atoms with Crippen molar-refractivity contribution in [2.75, 3.05) is 11.8 Å². The average molecular weight is 194 g/mol. The number of hydrogen-bond donors (Lipinski definition) is 0. The van der Waals surface area contributed by atoms with E-state index in [2.05, 4.69) is 6.29 Å². The number of halogens is 2. The maximum atomic E-state index is 10.6. The molecule has 0 spiro atoms. The zero-order chi connectivity index (χ0) is 8.54. The fraction of sp³-hybridized carbons (Fsp3) is 0.875. The summed E-state index contributed by atoms with van der Waals surface area (Å²) in [5.74, 6) is 0.872. The van der Waals surface area contributed by atoms with E-state index < -0.39 is 0 Å². The average Bonchev–Trinajstić information content (AvgIpc) is 2.83. The van der Waals surface area contributed by atoms with Gasteiger partial charge in [0.1, 0.15) is 0 Å². The SMILES string of the molecule is CC(CCl)(CCl)C1([C]=O)CC1. The maximum absolute atomic E-state index is 10.6. The van der Waals surface area contributed by atoms with Crippen molar-refractivity contribution in [2.45, 2.75) is 19.8 Å². The van der Waals surface area contributed by atoms with Gasteiger partial charge < -0.3 is 0 Å². The van der Waals surface area contributed by atoms with Gasteiger partial charge >= 0.3 is 0 Å². The van der Waals surface area contributed by atoms with Crippen molar-refractivity contribution >= 4 is 29.5 Å². The van der Waals surface area contributed by atoms with Gasteiger partial charge in [-0.1, -0.05) is 6.92 Å². The Hall–Kier alpha value is 0.250. The van der Waals surface area contributed by atoms with Gasteiger partial charge in [-0.25, -0.2) is 0 Å². The van der Waals surface area contributed by atoms with Crippen LogP contribution in [0.2, 0.25) is 0 Å². The molecule has 1 nitrogen and oxygen atoms in total. The Bertz CT molecular complexity index is 159. The second-order valence-electron chi connectivity index (χ2n) is 3.51. The molecule has 1 saturated carbocycles. The Balaban J connectivity index is 2.76. The molecule has 0 bridgehead atoms. The Morgan fingerprint density at radius 1 is 1.45 bits per heavy atom. The predicted molar refractivity (Wildman–Crippen MR) is 46.9 cm³/mol. The van der Waals surface area contributed by atoms with Gasteiger partial charge in [0.25, 0.3) is 0 Å². The molecule has 0 unspecified atom stereocenters. The topological polar surface area (TPSA) is 17.1 Å². The zero-order valence-corrected chi connectivity index (χ0v) is 8.00. The first-order valence-electron chi connectivity index (χ1n) is 3.65. The first-order valence-corrected chi connectivity index (χ1v) is 4.72. The largest absolute Gasteiger partial charge is 0.290 e. The molecule has 0 aromatic heterocycles. The number of carbonyl (C=O) groups excluding carboxylic acids is 1. The molecule has 0 atom stereocenters. The van der Waals surface area contributed by atoms with Crippen LogP contribution in [-0.4, -0.2) is 18.0 Å². The molecular weight excluding hydrogens is 183 g/mol. The highest BCUT2D eigenvalue weighted by Crippen LogP contribution is 2.57. The summed E-state index contributed by atoms with van der Waals surface area (Å²) in [6.07, 6.45) is 3.87. The van der Waals surface area contributed by atoms with Crippen molar-refractivity contribution in [1.29, 1.82) is 0 Å². The number of rotatable bonds is 4. The third-order valence-electron chi connectivity index (χ3n) is 2.69. The van der Waals surface area contributed by atoms with Crippen LogP contribution in [0.5, 0.6) is 0 Å². The number of alkyl halides is 2. The molecule has 0 aromatic rings. The van der Waals surface area contributed by atoms with E-state index >= 15 is 0 Å². The van der Waals surface area contributed by atoms with Gasteiger partial charge in [-0.15, -0.1) is 23.2 Å². The standard InChI is InChI=1S/C8H11Cl2O/c1-7(4-9,5-10)8(6-11)2-3-8/h2-5H2,1H3. The fourth-order valence-corrected chi connectivity index (χ4v) is 2.04. The van der Waals surface area contributed by atoms with Crippen LogP contribution in [0.3, 0.4) is 0 Å². The van der Waals surface area contributed by atoms with E-state index in [1.165, 1.54) is 0 Å². The second kappa shape index (κ2) is 2.95. The van der Waals surface area contributed by atoms with Crippen molar-refractivity contribution in [2.24, 2.45) is 10.8 Å². The van der Waals surface area contributed by atoms with Crippen LogP contribution >= 0.6 is 23.2 Å². The first-order chi connectivity index (χ1) is 5.14. The monoisotopic (exact) mass is 193 g/mol. The summed E-state index contributed by atoms with van der Waals surface area (Å²) in [5, 5.41) is 0. The summed E-state index contributed by atoms with van der Waals surface area (Å²) >= 11 is 11.5. The van der Waals surface area contributed by atoms with Gasteiger partial charge in [0.2, 0.25) is 6.29 Å². The van der Waals surface area contributed by atoms with Gasteiger partial charge in [-0.2, -0.15) is 0 Å². The molecule has 3 heteroatoms. The second-order valence-corrected chi connectivity index (χ2v) is 4.05. The Morgan fingerprint density at radius 2 is 1.91 bits per heavy atom. The maximum Gasteiger partial charge on any atom is 0.205 e. The minimum atomic E-state index is -0.323. The molecular formula is C8H11Cl2O. The Morgan fingerprint density at radius 3 is 2.00 bits per heavy atom. The summed E-state index contributed by atoms with van der Waals surface area (Å²) in [6.45, 7) is 1.95. The van der Waals surface area contributed by atoms with Crippen molar-refractivity contribution < 1.29 is 4.79 Å². The lowest BCUT2D eigenvalue weighted by Crippen LogP contribution is -2.33. The zero-order valence-electron chi connectivity index (χ0n) is 6.49. The van der Waals surface area contributed by atoms with E-state index in [9.17, 15) is 4.79 Å². The van der Waals surface area contributed by atoms with E-state index in [4.69, 9.17) is 23.2 Å². The minimum absolute atomic E-state index is 0.252. The van der Waals surface area contributed by atoms with Gasteiger partial charge in [0.15, 0.2) is 0 Å². The van der Waals surface area contributed by atoms with Gasteiger partial charge in [-0.05, 0) is 12.8 Å². The minimum Gasteiger partial charge on any atom is -0.290 e. The van der Waals surface area contributed by atoms with Crippen LogP contribution in [0.1, 0.15) is 19.8 Å². The molecule has 11 heavy (non-hydrogen) atoms. The van der Waals surface area contributed by atoms with Crippen molar-refractivity contribution in [3.63, 3.8) is 0 Å². The molecule has 1 radical (unpaired) electrons. The number of hydrogen-bond acceptors (Lipinski definition) is 1. The Kier molecular flexibility index (Phi) is 2.50. The summed E-state index contributed by atoms with van der Waals surface area (Å²) in [4.78, 5) is 10.6. The third kappa shape index (κ3) is 1.29. The molecule has 1 aliphatic carbocycles. The lowest BCUT2D eigenvalue weighted by atomic mass is 9.78. The highest BCUT2D eigenvalue weighted by molar-refractivity contribution is 6.21. The lowest BCUT2D eigenvalue weighted by molar-refractivity contribution is 0.292. The van der Waals surface area contributed by atoms with Crippen molar-refractivity contribution in [3.05, 3.63) is 0 Å². The molecule has 0 N–H and O–H groups in total. The Labute approximate surface area is 77.1 Å². The van der Waals surface area contributed by atoms with Gasteiger partial charge in [-0.3, -0.25) is 4.79 Å². The van der Waals surface area contributed by atoms with E-state index in [-0.39, 0.29) is 10.8 Å². The van der Waals surface area contributed by atoms with Crippen LogP contribution in [0, 0.1) is 10.8 Å². The third-order valence-corrected chi connectivity index (χ3v) is 3.87.